The Labute approximate surface area is 95.0 Å². The molecule has 0 fully saturated rings. The van der Waals surface area contributed by atoms with Crippen LogP contribution in [0.3, 0.4) is 0 Å². The Kier molecular flexibility index (Phi) is 2.57. The van der Waals surface area contributed by atoms with Gasteiger partial charge >= 0.3 is 0 Å². The van der Waals surface area contributed by atoms with Gasteiger partial charge in [0, 0.05) is 35.1 Å². The highest BCUT2D eigenvalue weighted by Crippen LogP contribution is 2.30. The highest BCUT2D eigenvalue weighted by Gasteiger charge is 2.12. The predicted molar refractivity (Wildman–Crippen MR) is 67.4 cm³/mol. The van der Waals surface area contributed by atoms with Crippen LogP contribution in [0.2, 0.25) is 0 Å². The third-order valence-corrected chi connectivity index (χ3v) is 3.24. The number of alkyl halides is 1. The molecule has 0 amide bonds. The topological polar surface area (TPSA) is 4.93 Å². The van der Waals surface area contributed by atoms with E-state index in [1.54, 1.807) is 0 Å². The Hall–Kier alpha value is -1.21. The van der Waals surface area contributed by atoms with Crippen LogP contribution in [-0.2, 0) is 7.05 Å². The molecule has 0 aliphatic carbocycles. The molecular weight excluding hydrogens is 206 g/mol. The molecule has 1 heterocycles. The maximum atomic E-state index is 5.86. The molecule has 0 aliphatic heterocycles. The minimum atomic E-state index is 0.481. The van der Waals surface area contributed by atoms with Crippen LogP contribution in [0.25, 0.3) is 16.5 Å². The van der Waals surface area contributed by atoms with E-state index in [1.165, 1.54) is 22.2 Å². The van der Waals surface area contributed by atoms with Crippen LogP contribution >= 0.6 is 11.6 Å². The number of para-hydroxylation sites is 1. The Morgan fingerprint density at radius 1 is 1.40 bits per heavy atom. The van der Waals surface area contributed by atoms with Crippen molar-refractivity contribution in [3.8, 4) is 0 Å². The van der Waals surface area contributed by atoms with Gasteiger partial charge in [0.25, 0.3) is 0 Å². The van der Waals surface area contributed by atoms with Crippen molar-refractivity contribution in [1.82, 2.24) is 4.57 Å². The number of allylic oxidation sites excluding steroid dienone is 1. The molecule has 2 heteroatoms. The summed E-state index contributed by atoms with van der Waals surface area (Å²) in [5.74, 6) is 0.481. The normalized spacial score (nSPS) is 10.9. The predicted octanol–water partition coefficient (Wildman–Crippen LogP) is 3.74. The lowest BCUT2D eigenvalue weighted by molar-refractivity contribution is 0.915. The smallest absolute Gasteiger partial charge is 0.0486 e. The van der Waals surface area contributed by atoms with Crippen LogP contribution < -0.4 is 0 Å². The monoisotopic (exact) mass is 219 g/mol. The third kappa shape index (κ3) is 1.47. The number of benzene rings is 1. The van der Waals surface area contributed by atoms with E-state index in [2.05, 4.69) is 43.3 Å². The van der Waals surface area contributed by atoms with Gasteiger partial charge in [-0.2, -0.15) is 0 Å². The molecule has 0 atom stereocenters. The number of halogens is 1. The number of hydrogen-bond acceptors (Lipinski definition) is 0. The van der Waals surface area contributed by atoms with Gasteiger partial charge in [-0.3, -0.25) is 0 Å². The first-order chi connectivity index (χ1) is 7.16. The summed E-state index contributed by atoms with van der Waals surface area (Å²) >= 11 is 5.86. The van der Waals surface area contributed by atoms with Crippen molar-refractivity contribution < 1.29 is 0 Å². The minimum absolute atomic E-state index is 0.481. The van der Waals surface area contributed by atoms with Crippen LogP contribution in [0.4, 0.5) is 0 Å². The fourth-order valence-electron chi connectivity index (χ4n) is 2.03. The van der Waals surface area contributed by atoms with Crippen LogP contribution in [0.1, 0.15) is 11.3 Å². The molecule has 0 unspecified atom stereocenters. The van der Waals surface area contributed by atoms with Crippen molar-refractivity contribution in [1.29, 1.82) is 0 Å². The van der Waals surface area contributed by atoms with Crippen molar-refractivity contribution in [3.63, 3.8) is 0 Å². The molecule has 0 radical (unpaired) electrons. The van der Waals surface area contributed by atoms with Crippen LogP contribution in [0, 0.1) is 6.92 Å². The summed E-state index contributed by atoms with van der Waals surface area (Å²) in [6.07, 6.45) is 0. The average Bonchev–Trinajstić information content (AvgIpc) is 2.52. The van der Waals surface area contributed by atoms with Crippen molar-refractivity contribution >= 4 is 28.1 Å². The number of fused-ring (bicyclic) bond motifs is 1. The Bertz CT molecular complexity index is 523. The van der Waals surface area contributed by atoms with Crippen LogP contribution in [0.15, 0.2) is 30.8 Å². The van der Waals surface area contributed by atoms with E-state index >= 15 is 0 Å². The first-order valence-electron chi connectivity index (χ1n) is 4.95. The van der Waals surface area contributed by atoms with Gasteiger partial charge in [0.1, 0.15) is 0 Å². The van der Waals surface area contributed by atoms with E-state index in [1.807, 2.05) is 6.07 Å². The van der Waals surface area contributed by atoms with Gasteiger partial charge in [0.15, 0.2) is 0 Å². The molecule has 1 aromatic heterocycles. The summed E-state index contributed by atoms with van der Waals surface area (Å²) in [6.45, 7) is 6.13. The second-order valence-electron chi connectivity index (χ2n) is 3.77. The molecule has 1 nitrogen and oxygen atoms in total. The molecule has 78 valence electrons. The molecule has 0 bridgehead atoms. The molecule has 2 aromatic rings. The molecule has 2 rings (SSSR count). The van der Waals surface area contributed by atoms with Gasteiger partial charge in [-0.25, -0.2) is 0 Å². The molecule has 15 heavy (non-hydrogen) atoms. The zero-order valence-corrected chi connectivity index (χ0v) is 9.80. The van der Waals surface area contributed by atoms with E-state index in [0.29, 0.717) is 5.88 Å². The highest BCUT2D eigenvalue weighted by atomic mass is 35.5. The number of aromatic nitrogens is 1. The quantitative estimate of drug-likeness (QED) is 0.679. The molecule has 0 spiro atoms. The first-order valence-corrected chi connectivity index (χ1v) is 5.48. The van der Waals surface area contributed by atoms with Crippen LogP contribution in [0.5, 0.6) is 0 Å². The summed E-state index contributed by atoms with van der Waals surface area (Å²) in [6, 6.07) is 8.34. The first kappa shape index (κ1) is 10.3. The second kappa shape index (κ2) is 3.74. The van der Waals surface area contributed by atoms with E-state index in [-0.39, 0.29) is 0 Å². The van der Waals surface area contributed by atoms with Crippen molar-refractivity contribution in [3.05, 3.63) is 42.1 Å². The van der Waals surface area contributed by atoms with E-state index < -0.39 is 0 Å². The lowest BCUT2D eigenvalue weighted by Gasteiger charge is -2.02. The molecule has 0 aliphatic rings. The molecule has 0 saturated carbocycles. The summed E-state index contributed by atoms with van der Waals surface area (Å²) in [5, 5.41) is 1.24. The Morgan fingerprint density at radius 3 is 2.73 bits per heavy atom. The molecule has 0 N–H and O–H groups in total. The molecular formula is C13H14ClN. The van der Waals surface area contributed by atoms with Gasteiger partial charge in [-0.15, -0.1) is 11.6 Å². The van der Waals surface area contributed by atoms with Crippen molar-refractivity contribution in [2.45, 2.75) is 6.92 Å². The Morgan fingerprint density at radius 2 is 2.07 bits per heavy atom. The fraction of sp³-hybridized carbons (Fsp3) is 0.231. The molecule has 0 saturated heterocycles. The van der Waals surface area contributed by atoms with Crippen LogP contribution in [-0.4, -0.2) is 10.4 Å². The van der Waals surface area contributed by atoms with Gasteiger partial charge in [0.2, 0.25) is 0 Å². The summed E-state index contributed by atoms with van der Waals surface area (Å²) < 4.78 is 2.18. The van der Waals surface area contributed by atoms with Gasteiger partial charge in [-0.1, -0.05) is 24.8 Å². The fourth-order valence-corrected chi connectivity index (χ4v) is 2.17. The number of rotatable bonds is 2. The maximum absolute atomic E-state index is 5.86. The highest BCUT2D eigenvalue weighted by molar-refractivity contribution is 6.23. The van der Waals surface area contributed by atoms with E-state index in [4.69, 9.17) is 11.6 Å². The second-order valence-corrected chi connectivity index (χ2v) is 4.04. The SMILES string of the molecule is C=C(CCl)c1c(C)n(C)c2ccccc12. The van der Waals surface area contributed by atoms with E-state index in [0.717, 1.165) is 5.57 Å². The summed E-state index contributed by atoms with van der Waals surface area (Å²) in [5.41, 5.74) is 4.65. The third-order valence-electron chi connectivity index (χ3n) is 2.91. The van der Waals surface area contributed by atoms with Gasteiger partial charge in [-0.05, 0) is 18.6 Å². The number of aryl methyl sites for hydroxylation is 1. The minimum Gasteiger partial charge on any atom is -0.347 e. The van der Waals surface area contributed by atoms with Gasteiger partial charge < -0.3 is 4.57 Å². The summed E-state index contributed by atoms with van der Waals surface area (Å²) in [4.78, 5) is 0. The average molecular weight is 220 g/mol. The van der Waals surface area contributed by atoms with Crippen molar-refractivity contribution in [2.75, 3.05) is 5.88 Å². The largest absolute Gasteiger partial charge is 0.347 e. The van der Waals surface area contributed by atoms with Crippen molar-refractivity contribution in [2.24, 2.45) is 7.05 Å². The zero-order valence-electron chi connectivity index (χ0n) is 9.05. The van der Waals surface area contributed by atoms with Gasteiger partial charge in [0.05, 0.1) is 0 Å². The maximum Gasteiger partial charge on any atom is 0.0486 e. The lowest BCUT2D eigenvalue weighted by atomic mass is 10.1. The summed E-state index contributed by atoms with van der Waals surface area (Å²) in [7, 11) is 2.07. The number of nitrogens with zero attached hydrogens (tertiary/aromatic N) is 1. The Balaban J connectivity index is 2.83. The van der Waals surface area contributed by atoms with E-state index in [9.17, 15) is 0 Å². The number of hydrogen-bond donors (Lipinski definition) is 0. The molecule has 1 aromatic carbocycles. The lowest BCUT2D eigenvalue weighted by Crippen LogP contribution is -1.92. The standard InChI is InChI=1S/C13H14ClN/c1-9(8-14)13-10(2)15(3)12-7-5-4-6-11(12)13/h4-7H,1,8H2,2-3H3. The zero-order chi connectivity index (χ0) is 11.0.